The van der Waals surface area contributed by atoms with Crippen molar-refractivity contribution in [3.63, 3.8) is 0 Å². The second kappa shape index (κ2) is 6.36. The van der Waals surface area contributed by atoms with E-state index in [0.29, 0.717) is 0 Å². The van der Waals surface area contributed by atoms with Gasteiger partial charge in [-0.2, -0.15) is 0 Å². The lowest BCUT2D eigenvalue weighted by atomic mass is 10.4. The minimum absolute atomic E-state index is 0.475. The molecular formula is C8H14Br4Cl2O3S. The standard InChI is InChI=1S/C8H14Br4Cl2O3S/c1-5(13)7(9,10)3-18(15,16,17)4-8(11,12)6(2)14/h5-6H,3-4H2,1-2H3,(H2,15,16,17). The molecule has 0 radical (unpaired) electrons. The fourth-order valence-corrected chi connectivity index (χ4v) is 9.06. The van der Waals surface area contributed by atoms with Gasteiger partial charge in [-0.05, 0) is 13.8 Å². The van der Waals surface area contributed by atoms with Crippen LogP contribution in [0.25, 0.3) is 0 Å². The second-order valence-electron chi connectivity index (χ2n) is 4.23. The molecule has 2 N–H and O–H groups in total. The van der Waals surface area contributed by atoms with Gasteiger partial charge in [-0.25, -0.2) is 4.21 Å². The third-order valence-electron chi connectivity index (χ3n) is 2.13. The van der Waals surface area contributed by atoms with Gasteiger partial charge in [0, 0.05) is 0 Å². The van der Waals surface area contributed by atoms with Crippen molar-refractivity contribution in [3.05, 3.63) is 0 Å². The molecule has 2 unspecified atom stereocenters. The van der Waals surface area contributed by atoms with Gasteiger partial charge in [0.1, 0.15) is 6.47 Å². The molecule has 0 aliphatic heterocycles. The summed E-state index contributed by atoms with van der Waals surface area (Å²) in [6, 6.07) is 0. The largest absolute Gasteiger partial charge is 0.307 e. The first-order chi connectivity index (χ1) is 7.57. The molecule has 2 atom stereocenters. The smallest absolute Gasteiger partial charge is 0.110 e. The summed E-state index contributed by atoms with van der Waals surface area (Å²) in [4.78, 5) is 0. The highest BCUT2D eigenvalue weighted by molar-refractivity contribution is 9.26. The molecule has 0 aromatic carbocycles. The molecular weight excluding hydrogens is 567 g/mol. The number of rotatable bonds is 6. The topological polar surface area (TPSA) is 57.5 Å². The average Bonchev–Trinajstić information content (AvgIpc) is 1.96. The van der Waals surface area contributed by atoms with Crippen LogP contribution in [0.1, 0.15) is 13.8 Å². The predicted molar refractivity (Wildman–Crippen MR) is 94.9 cm³/mol. The van der Waals surface area contributed by atoms with Crippen molar-refractivity contribution < 1.29 is 13.3 Å². The Morgan fingerprint density at radius 1 is 1.00 bits per heavy atom. The van der Waals surface area contributed by atoms with Crippen LogP contribution < -0.4 is 0 Å². The minimum atomic E-state index is -4.92. The Bertz CT molecular complexity index is 339. The summed E-state index contributed by atoms with van der Waals surface area (Å²) < 4.78 is 30.2. The first-order valence-electron chi connectivity index (χ1n) is 4.74. The summed E-state index contributed by atoms with van der Waals surface area (Å²) in [7, 11) is -4.92. The van der Waals surface area contributed by atoms with E-state index in [-0.39, 0.29) is 0 Å². The summed E-state index contributed by atoms with van der Waals surface area (Å²) in [5.74, 6) is -0.950. The average molecular weight is 581 g/mol. The van der Waals surface area contributed by atoms with E-state index in [0.717, 1.165) is 0 Å². The van der Waals surface area contributed by atoms with Gasteiger partial charge in [0.05, 0.1) is 31.9 Å². The molecule has 0 spiro atoms. The van der Waals surface area contributed by atoms with Gasteiger partial charge < -0.3 is 9.11 Å². The predicted octanol–water partition coefficient (Wildman–Crippen LogP) is 4.98. The van der Waals surface area contributed by atoms with E-state index in [2.05, 4.69) is 63.7 Å². The Labute approximate surface area is 151 Å². The van der Waals surface area contributed by atoms with E-state index >= 15 is 0 Å². The fourth-order valence-electron chi connectivity index (χ4n) is 1.05. The summed E-state index contributed by atoms with van der Waals surface area (Å²) in [6.45, 7) is 3.27. The number of alkyl halides is 6. The number of hydrogen-bond donors (Lipinski definition) is 2. The summed E-state index contributed by atoms with van der Waals surface area (Å²) in [6.07, 6.45) is 0. The first kappa shape index (κ1) is 20.6. The van der Waals surface area contributed by atoms with Gasteiger partial charge in [-0.3, -0.25) is 0 Å². The van der Waals surface area contributed by atoms with Crippen molar-refractivity contribution in [3.8, 4) is 0 Å². The molecule has 0 saturated carbocycles. The highest BCUT2D eigenvalue weighted by Crippen LogP contribution is 2.44. The van der Waals surface area contributed by atoms with Crippen molar-refractivity contribution in [1.82, 2.24) is 0 Å². The molecule has 0 rings (SSSR count). The molecule has 0 bridgehead atoms. The SMILES string of the molecule is CC(Cl)C(Br)(Br)CS(=O)(O)(O)CC(Br)(Br)C(C)Cl. The highest BCUT2D eigenvalue weighted by atomic mass is 79.9. The third-order valence-corrected chi connectivity index (χ3v) is 11.4. The maximum absolute atomic E-state index is 12.3. The van der Waals surface area contributed by atoms with Crippen LogP contribution in [0.2, 0.25) is 0 Å². The Morgan fingerprint density at radius 2 is 1.22 bits per heavy atom. The van der Waals surface area contributed by atoms with Crippen LogP contribution in [0.4, 0.5) is 0 Å². The van der Waals surface area contributed by atoms with Crippen LogP contribution in [0.3, 0.4) is 0 Å². The maximum atomic E-state index is 12.3. The molecule has 0 fully saturated rings. The molecule has 18 heavy (non-hydrogen) atoms. The van der Waals surface area contributed by atoms with Crippen molar-refractivity contribution in [2.45, 2.75) is 31.1 Å². The lowest BCUT2D eigenvalue weighted by Gasteiger charge is -2.41. The zero-order valence-corrected chi connectivity index (χ0v) is 18.2. The van der Waals surface area contributed by atoms with Gasteiger partial charge >= 0.3 is 0 Å². The first-order valence-corrected chi connectivity index (χ1v) is 11.0. The number of hydrogen-bond acceptors (Lipinski definition) is 1. The highest BCUT2D eigenvalue weighted by Gasteiger charge is 2.48. The zero-order chi connectivity index (χ0) is 15.0. The number of halogens is 6. The van der Waals surface area contributed by atoms with Crippen molar-refractivity contribution >= 4 is 96.5 Å². The van der Waals surface area contributed by atoms with Crippen molar-refractivity contribution in [2.75, 3.05) is 11.5 Å². The monoisotopic (exact) mass is 576 g/mol. The van der Waals surface area contributed by atoms with E-state index in [9.17, 15) is 13.3 Å². The van der Waals surface area contributed by atoms with Crippen LogP contribution in [0.15, 0.2) is 0 Å². The third kappa shape index (κ3) is 7.02. The molecule has 0 aliphatic rings. The van der Waals surface area contributed by atoms with Gasteiger partial charge in [0.2, 0.25) is 0 Å². The lowest BCUT2D eigenvalue weighted by Crippen LogP contribution is -2.52. The molecule has 3 nitrogen and oxygen atoms in total. The van der Waals surface area contributed by atoms with E-state index in [4.69, 9.17) is 23.2 Å². The van der Waals surface area contributed by atoms with E-state index in [1.54, 1.807) is 13.8 Å². The Morgan fingerprint density at radius 3 is 1.39 bits per heavy atom. The molecule has 0 amide bonds. The van der Waals surface area contributed by atoms with Crippen molar-refractivity contribution in [2.24, 2.45) is 0 Å². The minimum Gasteiger partial charge on any atom is -0.307 e. The van der Waals surface area contributed by atoms with E-state index in [1.807, 2.05) is 0 Å². The van der Waals surface area contributed by atoms with Crippen LogP contribution in [0.5, 0.6) is 0 Å². The van der Waals surface area contributed by atoms with Crippen LogP contribution >= 0.6 is 86.9 Å². The fraction of sp³-hybridized carbons (Fsp3) is 1.00. The lowest BCUT2D eigenvalue weighted by molar-refractivity contribution is 0.386. The summed E-state index contributed by atoms with van der Waals surface area (Å²) >= 11 is 24.5. The Hall–Kier alpha value is 2.57. The Kier molecular flexibility index (Phi) is 7.27. The molecule has 0 saturated heterocycles. The van der Waals surface area contributed by atoms with Gasteiger partial charge in [-0.1, -0.05) is 63.7 Å². The molecule has 10 heteroatoms. The normalized spacial score (nSPS) is 20.0. The van der Waals surface area contributed by atoms with Crippen LogP contribution in [-0.4, -0.2) is 42.0 Å². The second-order valence-corrected chi connectivity index (χ2v) is 16.3. The van der Waals surface area contributed by atoms with Gasteiger partial charge in [0.15, 0.2) is 0 Å². The molecule has 0 aromatic rings. The Balaban J connectivity index is 5.16. The summed E-state index contributed by atoms with van der Waals surface area (Å²) in [5, 5.41) is -1.04. The molecule has 0 aromatic heterocycles. The molecule has 0 aliphatic carbocycles. The molecule has 112 valence electrons. The van der Waals surface area contributed by atoms with Crippen molar-refractivity contribution in [1.29, 1.82) is 0 Å². The van der Waals surface area contributed by atoms with Crippen LogP contribution in [-0.2, 0) is 9.63 Å². The van der Waals surface area contributed by atoms with Crippen LogP contribution in [0, 0.1) is 0 Å². The molecule has 0 heterocycles. The van der Waals surface area contributed by atoms with Gasteiger partial charge in [-0.15, -0.1) is 23.2 Å². The quantitative estimate of drug-likeness (QED) is 0.436. The van der Waals surface area contributed by atoms with E-state index < -0.39 is 38.4 Å². The zero-order valence-electron chi connectivity index (χ0n) is 9.55. The van der Waals surface area contributed by atoms with E-state index in [1.165, 1.54) is 0 Å². The maximum Gasteiger partial charge on any atom is 0.110 e. The van der Waals surface area contributed by atoms with Gasteiger partial charge in [0.25, 0.3) is 0 Å². The summed E-state index contributed by atoms with van der Waals surface area (Å²) in [5.41, 5.74) is 0.